The van der Waals surface area contributed by atoms with E-state index < -0.39 is 0 Å². The van der Waals surface area contributed by atoms with Crippen LogP contribution < -0.4 is 5.73 Å². The first-order chi connectivity index (χ1) is 5.86. The molecule has 3 heteroatoms. The topological polar surface area (TPSA) is 52.0 Å². The first kappa shape index (κ1) is 9.26. The fourth-order valence-corrected chi connectivity index (χ4v) is 1.05. The molecular weight excluding hydrogens is 152 g/mol. The third-order valence-corrected chi connectivity index (χ3v) is 1.74. The molecule has 0 aliphatic heterocycles. The number of hydrogen-bond donors (Lipinski definition) is 1. The Morgan fingerprint density at radius 2 is 2.33 bits per heavy atom. The van der Waals surface area contributed by atoms with Crippen LogP contribution in [0.5, 0.6) is 0 Å². The lowest BCUT2D eigenvalue weighted by atomic mass is 10.2. The zero-order chi connectivity index (χ0) is 8.81. The molecule has 0 amide bonds. The highest BCUT2D eigenvalue weighted by molar-refractivity contribution is 4.94. The lowest BCUT2D eigenvalue weighted by Crippen LogP contribution is -2.02. The molecule has 12 heavy (non-hydrogen) atoms. The molecule has 0 unspecified atom stereocenters. The lowest BCUT2D eigenvalue weighted by molar-refractivity contribution is 0.450. The van der Waals surface area contributed by atoms with Gasteiger partial charge in [-0.3, -0.25) is 0 Å². The van der Waals surface area contributed by atoms with Crippen LogP contribution in [0.4, 0.5) is 0 Å². The minimum Gasteiger partial charge on any atom is -0.446 e. The third kappa shape index (κ3) is 2.66. The van der Waals surface area contributed by atoms with Gasteiger partial charge in [0, 0.05) is 19.4 Å². The van der Waals surface area contributed by atoms with Gasteiger partial charge in [-0.25, -0.2) is 4.98 Å². The summed E-state index contributed by atoms with van der Waals surface area (Å²) in [4.78, 5) is 4.11. The van der Waals surface area contributed by atoms with E-state index in [1.54, 1.807) is 6.20 Å². The van der Waals surface area contributed by atoms with E-state index in [0.29, 0.717) is 6.54 Å². The summed E-state index contributed by atoms with van der Waals surface area (Å²) in [7, 11) is 0. The normalized spacial score (nSPS) is 10.5. The molecule has 0 radical (unpaired) electrons. The molecule has 0 bridgehead atoms. The first-order valence-electron chi connectivity index (χ1n) is 4.50. The highest BCUT2D eigenvalue weighted by atomic mass is 16.4. The van der Waals surface area contributed by atoms with Crippen molar-refractivity contribution in [2.45, 2.75) is 32.6 Å². The van der Waals surface area contributed by atoms with Crippen molar-refractivity contribution in [2.24, 2.45) is 5.73 Å². The van der Waals surface area contributed by atoms with E-state index in [2.05, 4.69) is 11.9 Å². The van der Waals surface area contributed by atoms with Crippen molar-refractivity contribution in [3.05, 3.63) is 17.8 Å². The Labute approximate surface area is 73.0 Å². The number of nitrogens with two attached hydrogens (primary N) is 1. The van der Waals surface area contributed by atoms with E-state index >= 15 is 0 Å². The second-order valence-electron chi connectivity index (χ2n) is 2.86. The highest BCUT2D eigenvalue weighted by Gasteiger charge is 2.01. The Morgan fingerprint density at radius 1 is 1.50 bits per heavy atom. The number of unbranched alkanes of at least 4 members (excludes halogenated alkanes) is 1. The quantitative estimate of drug-likeness (QED) is 0.725. The molecule has 0 atom stereocenters. The van der Waals surface area contributed by atoms with Crippen molar-refractivity contribution >= 4 is 0 Å². The van der Waals surface area contributed by atoms with Crippen LogP contribution >= 0.6 is 0 Å². The zero-order valence-corrected chi connectivity index (χ0v) is 7.55. The Balaban J connectivity index is 2.41. The third-order valence-electron chi connectivity index (χ3n) is 1.74. The Bertz CT molecular complexity index is 220. The van der Waals surface area contributed by atoms with Gasteiger partial charge in [0.15, 0.2) is 5.89 Å². The van der Waals surface area contributed by atoms with Crippen LogP contribution in [-0.2, 0) is 12.8 Å². The lowest BCUT2D eigenvalue weighted by Gasteiger charge is -1.92. The Hall–Kier alpha value is -0.830. The smallest absolute Gasteiger partial charge is 0.195 e. The number of nitrogens with zero attached hydrogens (tertiary/aromatic N) is 1. The maximum atomic E-state index is 5.44. The van der Waals surface area contributed by atoms with Crippen molar-refractivity contribution in [1.29, 1.82) is 0 Å². The van der Waals surface area contributed by atoms with Crippen LogP contribution in [0.1, 0.15) is 31.4 Å². The van der Waals surface area contributed by atoms with Gasteiger partial charge < -0.3 is 10.2 Å². The van der Waals surface area contributed by atoms with E-state index in [9.17, 15) is 0 Å². The minimum atomic E-state index is 0.605. The molecule has 0 saturated heterocycles. The van der Waals surface area contributed by atoms with Crippen LogP contribution in [0.2, 0.25) is 0 Å². The van der Waals surface area contributed by atoms with E-state index in [0.717, 1.165) is 30.9 Å². The van der Waals surface area contributed by atoms with Gasteiger partial charge in [0.1, 0.15) is 5.76 Å². The highest BCUT2D eigenvalue weighted by Crippen LogP contribution is 2.07. The van der Waals surface area contributed by atoms with E-state index in [4.69, 9.17) is 10.2 Å². The molecule has 1 heterocycles. The largest absolute Gasteiger partial charge is 0.446 e. The van der Waals surface area contributed by atoms with Crippen LogP contribution in [-0.4, -0.2) is 11.5 Å². The van der Waals surface area contributed by atoms with Gasteiger partial charge in [-0.15, -0.1) is 0 Å². The van der Waals surface area contributed by atoms with Gasteiger partial charge in [-0.2, -0.15) is 0 Å². The molecule has 0 spiro atoms. The predicted molar refractivity (Wildman–Crippen MR) is 47.9 cm³/mol. The molecule has 1 rings (SSSR count). The number of aryl methyl sites for hydroxylation is 1. The monoisotopic (exact) mass is 168 g/mol. The maximum Gasteiger partial charge on any atom is 0.195 e. The molecule has 0 fully saturated rings. The Morgan fingerprint density at radius 3 is 3.00 bits per heavy atom. The van der Waals surface area contributed by atoms with Gasteiger partial charge in [-0.1, -0.05) is 13.3 Å². The second kappa shape index (κ2) is 4.93. The number of aromatic nitrogens is 1. The molecule has 2 N–H and O–H groups in total. The summed E-state index contributed by atoms with van der Waals surface area (Å²) in [5, 5.41) is 0. The molecule has 3 nitrogen and oxygen atoms in total. The summed E-state index contributed by atoms with van der Waals surface area (Å²) in [5.74, 6) is 1.75. The van der Waals surface area contributed by atoms with Crippen LogP contribution in [0.25, 0.3) is 0 Å². The van der Waals surface area contributed by atoms with Crippen molar-refractivity contribution < 1.29 is 4.42 Å². The summed E-state index contributed by atoms with van der Waals surface area (Å²) in [6.07, 6.45) is 5.89. The molecular formula is C9H16N2O. The summed E-state index contributed by atoms with van der Waals surface area (Å²) in [5.41, 5.74) is 5.37. The minimum absolute atomic E-state index is 0.605. The fourth-order valence-electron chi connectivity index (χ4n) is 1.05. The summed E-state index contributed by atoms with van der Waals surface area (Å²) < 4.78 is 5.44. The summed E-state index contributed by atoms with van der Waals surface area (Å²) in [6, 6.07) is 0. The molecule has 1 aromatic heterocycles. The first-order valence-corrected chi connectivity index (χ1v) is 4.50. The molecule has 0 aliphatic rings. The average molecular weight is 168 g/mol. The van der Waals surface area contributed by atoms with Crippen LogP contribution in [0, 0.1) is 0 Å². The van der Waals surface area contributed by atoms with Crippen LogP contribution in [0.15, 0.2) is 10.6 Å². The van der Waals surface area contributed by atoms with Gasteiger partial charge in [-0.05, 0) is 6.42 Å². The van der Waals surface area contributed by atoms with Gasteiger partial charge >= 0.3 is 0 Å². The molecule has 0 aliphatic carbocycles. The standard InChI is InChI=1S/C9H16N2O/c1-2-3-4-8-7-11-9(12-8)5-6-10/h7H,2-6,10H2,1H3. The SMILES string of the molecule is CCCCc1cnc(CCN)o1. The van der Waals surface area contributed by atoms with Gasteiger partial charge in [0.2, 0.25) is 0 Å². The van der Waals surface area contributed by atoms with E-state index in [1.807, 2.05) is 0 Å². The Kier molecular flexibility index (Phi) is 3.80. The number of rotatable bonds is 5. The number of hydrogen-bond acceptors (Lipinski definition) is 3. The average Bonchev–Trinajstić information content (AvgIpc) is 2.50. The fraction of sp³-hybridized carbons (Fsp3) is 0.667. The summed E-state index contributed by atoms with van der Waals surface area (Å²) in [6.45, 7) is 2.77. The molecule has 68 valence electrons. The predicted octanol–water partition coefficient (Wildman–Crippen LogP) is 1.52. The van der Waals surface area contributed by atoms with E-state index in [1.165, 1.54) is 6.42 Å². The molecule has 0 aromatic carbocycles. The molecule has 0 saturated carbocycles. The van der Waals surface area contributed by atoms with Gasteiger partial charge in [0.05, 0.1) is 6.20 Å². The van der Waals surface area contributed by atoms with Crippen molar-refractivity contribution in [2.75, 3.05) is 6.54 Å². The summed E-state index contributed by atoms with van der Waals surface area (Å²) >= 11 is 0. The second-order valence-corrected chi connectivity index (χ2v) is 2.86. The van der Waals surface area contributed by atoms with Gasteiger partial charge in [0.25, 0.3) is 0 Å². The van der Waals surface area contributed by atoms with Crippen molar-refractivity contribution in [1.82, 2.24) is 4.98 Å². The number of oxazole rings is 1. The molecule has 1 aromatic rings. The van der Waals surface area contributed by atoms with E-state index in [-0.39, 0.29) is 0 Å². The van der Waals surface area contributed by atoms with Crippen molar-refractivity contribution in [3.8, 4) is 0 Å². The maximum absolute atomic E-state index is 5.44. The van der Waals surface area contributed by atoms with Crippen LogP contribution in [0.3, 0.4) is 0 Å². The van der Waals surface area contributed by atoms with Crippen molar-refractivity contribution in [3.63, 3.8) is 0 Å². The zero-order valence-electron chi connectivity index (χ0n) is 7.55.